The van der Waals surface area contributed by atoms with Gasteiger partial charge in [0, 0.05) is 7.11 Å². The summed E-state index contributed by atoms with van der Waals surface area (Å²) in [6, 6.07) is 0. The van der Waals surface area contributed by atoms with Crippen LogP contribution in [0.2, 0.25) is 0 Å². The van der Waals surface area contributed by atoms with Crippen LogP contribution in [-0.2, 0) is 9.53 Å². The fourth-order valence-corrected chi connectivity index (χ4v) is 2.15. The Morgan fingerprint density at radius 2 is 1.87 bits per heavy atom. The SMILES string of the molecule is CCN(CC)C(CC)(COC)CC(=O)O. The third kappa shape index (κ3) is 3.80. The second-order valence-corrected chi connectivity index (χ2v) is 3.75. The molecule has 0 amide bonds. The van der Waals surface area contributed by atoms with Gasteiger partial charge in [-0.1, -0.05) is 20.8 Å². The highest BCUT2D eigenvalue weighted by atomic mass is 16.5. The second kappa shape index (κ2) is 6.80. The van der Waals surface area contributed by atoms with E-state index in [1.54, 1.807) is 7.11 Å². The summed E-state index contributed by atoms with van der Waals surface area (Å²) in [5.41, 5.74) is -0.357. The maximum atomic E-state index is 10.9. The molecule has 0 aliphatic heterocycles. The van der Waals surface area contributed by atoms with Crippen LogP contribution in [0.3, 0.4) is 0 Å². The molecule has 0 heterocycles. The maximum Gasteiger partial charge on any atom is 0.305 e. The number of rotatable bonds is 8. The van der Waals surface area contributed by atoms with Gasteiger partial charge in [-0.15, -0.1) is 0 Å². The molecular weight excluding hydrogens is 194 g/mol. The molecule has 0 aliphatic carbocycles. The summed E-state index contributed by atoms with van der Waals surface area (Å²) in [7, 11) is 1.62. The summed E-state index contributed by atoms with van der Waals surface area (Å²) in [5.74, 6) is -0.763. The van der Waals surface area contributed by atoms with Crippen molar-refractivity contribution in [3.8, 4) is 0 Å². The molecule has 90 valence electrons. The first-order valence-electron chi connectivity index (χ1n) is 5.52. The quantitative estimate of drug-likeness (QED) is 0.671. The second-order valence-electron chi connectivity index (χ2n) is 3.75. The van der Waals surface area contributed by atoms with Crippen LogP contribution in [0.1, 0.15) is 33.6 Å². The number of likely N-dealkylation sites (N-methyl/N-ethyl adjacent to an activating group) is 1. The first-order valence-corrected chi connectivity index (χ1v) is 5.52. The minimum absolute atomic E-state index is 0.138. The molecule has 0 aromatic rings. The van der Waals surface area contributed by atoms with Gasteiger partial charge in [-0.2, -0.15) is 0 Å². The largest absolute Gasteiger partial charge is 0.481 e. The van der Waals surface area contributed by atoms with Crippen molar-refractivity contribution in [3.05, 3.63) is 0 Å². The number of carboxylic acids is 1. The van der Waals surface area contributed by atoms with E-state index in [1.807, 2.05) is 20.8 Å². The van der Waals surface area contributed by atoms with Gasteiger partial charge in [0.2, 0.25) is 0 Å². The predicted molar refractivity (Wildman–Crippen MR) is 60.1 cm³/mol. The van der Waals surface area contributed by atoms with E-state index in [1.165, 1.54) is 0 Å². The number of ether oxygens (including phenoxy) is 1. The molecule has 0 rings (SSSR count). The van der Waals surface area contributed by atoms with E-state index in [0.29, 0.717) is 6.61 Å². The van der Waals surface area contributed by atoms with Crippen LogP contribution in [-0.4, -0.2) is 48.3 Å². The number of carbonyl (C=O) groups is 1. The van der Waals surface area contributed by atoms with Crippen LogP contribution < -0.4 is 0 Å². The van der Waals surface area contributed by atoms with Gasteiger partial charge in [-0.25, -0.2) is 0 Å². The molecule has 1 N–H and O–H groups in total. The number of aliphatic carboxylic acids is 1. The number of hydrogen-bond donors (Lipinski definition) is 1. The molecule has 0 spiro atoms. The lowest BCUT2D eigenvalue weighted by molar-refractivity contribution is -0.142. The Balaban J connectivity index is 4.83. The van der Waals surface area contributed by atoms with Gasteiger partial charge in [0.25, 0.3) is 0 Å². The van der Waals surface area contributed by atoms with E-state index in [9.17, 15) is 4.79 Å². The van der Waals surface area contributed by atoms with Crippen molar-refractivity contribution in [2.24, 2.45) is 0 Å². The molecule has 1 atom stereocenters. The molecule has 0 saturated heterocycles. The lowest BCUT2D eigenvalue weighted by Crippen LogP contribution is -2.52. The van der Waals surface area contributed by atoms with E-state index in [0.717, 1.165) is 19.5 Å². The number of hydrogen-bond acceptors (Lipinski definition) is 3. The Morgan fingerprint density at radius 3 is 2.13 bits per heavy atom. The van der Waals surface area contributed by atoms with Crippen molar-refractivity contribution in [3.63, 3.8) is 0 Å². The first-order chi connectivity index (χ1) is 7.06. The molecule has 0 radical (unpaired) electrons. The highest BCUT2D eigenvalue weighted by Gasteiger charge is 2.35. The van der Waals surface area contributed by atoms with Crippen molar-refractivity contribution >= 4 is 5.97 Å². The normalized spacial score (nSPS) is 15.3. The van der Waals surface area contributed by atoms with Crippen LogP contribution in [0.15, 0.2) is 0 Å². The smallest absolute Gasteiger partial charge is 0.305 e. The van der Waals surface area contributed by atoms with E-state index in [4.69, 9.17) is 9.84 Å². The van der Waals surface area contributed by atoms with Gasteiger partial charge < -0.3 is 9.84 Å². The summed E-state index contributed by atoms with van der Waals surface area (Å²) in [6.07, 6.45) is 0.924. The zero-order chi connectivity index (χ0) is 11.9. The Kier molecular flexibility index (Phi) is 6.52. The van der Waals surface area contributed by atoms with Crippen LogP contribution in [0.4, 0.5) is 0 Å². The van der Waals surface area contributed by atoms with Crippen LogP contribution in [0.5, 0.6) is 0 Å². The molecule has 1 unspecified atom stereocenters. The summed E-state index contributed by atoms with van der Waals surface area (Å²) >= 11 is 0. The maximum absolute atomic E-state index is 10.9. The van der Waals surface area contributed by atoms with Gasteiger partial charge in [0.15, 0.2) is 0 Å². The molecule has 0 aliphatic rings. The average molecular weight is 217 g/mol. The highest BCUT2D eigenvalue weighted by Crippen LogP contribution is 2.24. The molecule has 0 bridgehead atoms. The van der Waals surface area contributed by atoms with Gasteiger partial charge in [-0.05, 0) is 19.5 Å². The fourth-order valence-electron chi connectivity index (χ4n) is 2.15. The minimum atomic E-state index is -0.763. The van der Waals surface area contributed by atoms with Crippen molar-refractivity contribution < 1.29 is 14.6 Å². The van der Waals surface area contributed by atoms with Crippen molar-refractivity contribution in [1.82, 2.24) is 4.90 Å². The van der Waals surface area contributed by atoms with Gasteiger partial charge in [-0.3, -0.25) is 9.69 Å². The number of nitrogens with zero attached hydrogens (tertiary/aromatic N) is 1. The lowest BCUT2D eigenvalue weighted by atomic mass is 9.90. The molecule has 15 heavy (non-hydrogen) atoms. The Morgan fingerprint density at radius 1 is 1.33 bits per heavy atom. The Bertz CT molecular complexity index is 192. The summed E-state index contributed by atoms with van der Waals surface area (Å²) < 4.78 is 5.18. The van der Waals surface area contributed by atoms with Crippen LogP contribution in [0, 0.1) is 0 Å². The number of methoxy groups -OCH3 is 1. The summed E-state index contributed by atoms with van der Waals surface area (Å²) in [4.78, 5) is 13.1. The van der Waals surface area contributed by atoms with Crippen molar-refractivity contribution in [2.75, 3.05) is 26.8 Å². The standard InChI is InChI=1S/C11H23NO3/c1-5-11(9-15-4,8-10(13)14)12(6-2)7-3/h5-9H2,1-4H3,(H,13,14). The number of carboxylic acid groups (broad SMARTS) is 1. The zero-order valence-corrected chi connectivity index (χ0v) is 10.2. The lowest BCUT2D eigenvalue weighted by Gasteiger charge is -2.41. The topological polar surface area (TPSA) is 49.8 Å². The van der Waals surface area contributed by atoms with Crippen molar-refractivity contribution in [2.45, 2.75) is 39.2 Å². The van der Waals surface area contributed by atoms with Gasteiger partial charge in [0.05, 0.1) is 18.6 Å². The van der Waals surface area contributed by atoms with Gasteiger partial charge in [0.1, 0.15) is 0 Å². The minimum Gasteiger partial charge on any atom is -0.481 e. The zero-order valence-electron chi connectivity index (χ0n) is 10.2. The summed E-state index contributed by atoms with van der Waals surface area (Å²) in [5, 5.41) is 8.96. The molecule has 0 saturated carbocycles. The third-order valence-corrected chi connectivity index (χ3v) is 2.99. The fraction of sp³-hybridized carbons (Fsp3) is 0.909. The molecular formula is C11H23NO3. The van der Waals surface area contributed by atoms with E-state index in [2.05, 4.69) is 4.90 Å². The third-order valence-electron chi connectivity index (χ3n) is 2.99. The predicted octanol–water partition coefficient (Wildman–Crippen LogP) is 1.60. The Labute approximate surface area is 92.2 Å². The molecule has 0 aromatic heterocycles. The monoisotopic (exact) mass is 217 g/mol. The average Bonchev–Trinajstić information content (AvgIpc) is 2.18. The van der Waals surface area contributed by atoms with E-state index in [-0.39, 0.29) is 12.0 Å². The molecule has 4 nitrogen and oxygen atoms in total. The molecule has 0 aromatic carbocycles. The molecule has 4 heteroatoms. The van der Waals surface area contributed by atoms with E-state index >= 15 is 0 Å². The van der Waals surface area contributed by atoms with Crippen LogP contribution >= 0.6 is 0 Å². The Hall–Kier alpha value is -0.610. The van der Waals surface area contributed by atoms with Crippen molar-refractivity contribution in [1.29, 1.82) is 0 Å². The highest BCUT2D eigenvalue weighted by molar-refractivity contribution is 5.68. The van der Waals surface area contributed by atoms with Crippen LogP contribution in [0.25, 0.3) is 0 Å². The van der Waals surface area contributed by atoms with E-state index < -0.39 is 5.97 Å². The van der Waals surface area contributed by atoms with Gasteiger partial charge >= 0.3 is 5.97 Å². The summed E-state index contributed by atoms with van der Waals surface area (Å²) in [6.45, 7) is 8.27. The first kappa shape index (κ1) is 14.4. The molecule has 0 fully saturated rings.